The van der Waals surface area contributed by atoms with Gasteiger partial charge in [0.05, 0.1) is 0 Å². The molecule has 0 aliphatic heterocycles. The molecule has 0 radical (unpaired) electrons. The van der Waals surface area contributed by atoms with E-state index in [1.54, 1.807) is 0 Å². The van der Waals surface area contributed by atoms with Crippen molar-refractivity contribution in [2.45, 2.75) is 33.1 Å². The van der Waals surface area contributed by atoms with Gasteiger partial charge in [0, 0.05) is 0 Å². The number of rotatable bonds is 6. The first-order chi connectivity index (χ1) is 5.20. The predicted octanol–water partition coefficient (Wildman–Crippen LogP) is 3.80. The smallest absolute Gasteiger partial charge is 0.0327 e. The molecule has 0 saturated heterocycles. The van der Waals surface area contributed by atoms with Crippen LogP contribution < -0.4 is 0 Å². The summed E-state index contributed by atoms with van der Waals surface area (Å²) >= 11 is 0. The second-order valence-corrected chi connectivity index (χ2v) is 3.49. The Balaban J connectivity index is 3.46. The quantitative estimate of drug-likeness (QED) is 0.508. The van der Waals surface area contributed by atoms with E-state index in [0.29, 0.717) is 0 Å². The molecule has 0 amide bonds. The summed E-state index contributed by atoms with van der Waals surface area (Å²) in [5.41, 5.74) is 0. The van der Waals surface area contributed by atoms with Crippen LogP contribution in [0.3, 0.4) is 0 Å². The fourth-order valence-electron chi connectivity index (χ4n) is 1.45. The Hall–Kier alpha value is -0.520. The summed E-state index contributed by atoms with van der Waals surface area (Å²) in [4.78, 5) is 0. The molecule has 11 heavy (non-hydrogen) atoms. The third kappa shape index (κ3) is 5.90. The van der Waals surface area contributed by atoms with Gasteiger partial charge in [0.15, 0.2) is 0 Å². The Labute approximate surface area is 71.0 Å². The molecule has 0 N–H and O–H groups in total. The highest BCUT2D eigenvalue weighted by Gasteiger charge is 2.05. The summed E-state index contributed by atoms with van der Waals surface area (Å²) in [6, 6.07) is 0. The van der Waals surface area contributed by atoms with Crippen LogP contribution in [-0.2, 0) is 0 Å². The average molecular weight is 152 g/mol. The summed E-state index contributed by atoms with van der Waals surface area (Å²) in [6.45, 7) is 12.0. The Kier molecular flexibility index (Phi) is 5.91. The average Bonchev–Trinajstić information content (AvgIpc) is 1.87. The number of hydrogen-bond acceptors (Lipinski definition) is 0. The van der Waals surface area contributed by atoms with Gasteiger partial charge < -0.3 is 0 Å². The van der Waals surface area contributed by atoms with Crippen LogP contribution in [-0.4, -0.2) is 0 Å². The molecule has 0 spiro atoms. The van der Waals surface area contributed by atoms with E-state index < -0.39 is 0 Å². The molecule has 2 unspecified atom stereocenters. The molecule has 0 aromatic heterocycles. The van der Waals surface area contributed by atoms with E-state index in [1.807, 2.05) is 12.2 Å². The number of allylic oxidation sites excluding steroid dienone is 2. The van der Waals surface area contributed by atoms with Gasteiger partial charge in [-0.15, -0.1) is 13.2 Å². The Morgan fingerprint density at radius 1 is 1.00 bits per heavy atom. The third-order valence-corrected chi connectivity index (χ3v) is 1.94. The second kappa shape index (κ2) is 6.21. The highest BCUT2D eigenvalue weighted by molar-refractivity contribution is 4.75. The zero-order valence-corrected chi connectivity index (χ0v) is 7.84. The van der Waals surface area contributed by atoms with E-state index >= 15 is 0 Å². The summed E-state index contributed by atoms with van der Waals surface area (Å²) in [5, 5.41) is 0. The Bertz CT molecular complexity index is 99.2. The zero-order chi connectivity index (χ0) is 8.69. The van der Waals surface area contributed by atoms with Crippen LogP contribution in [0.2, 0.25) is 0 Å². The summed E-state index contributed by atoms with van der Waals surface area (Å²) in [5.74, 6) is 1.56. The summed E-state index contributed by atoms with van der Waals surface area (Å²) in [6.07, 6.45) is 7.58. The first kappa shape index (κ1) is 10.5. The van der Waals surface area contributed by atoms with Crippen molar-refractivity contribution < 1.29 is 0 Å². The lowest BCUT2D eigenvalue weighted by Crippen LogP contribution is -2.01. The van der Waals surface area contributed by atoms with Crippen molar-refractivity contribution in [1.29, 1.82) is 0 Å². The van der Waals surface area contributed by atoms with Gasteiger partial charge in [0.25, 0.3) is 0 Å². The van der Waals surface area contributed by atoms with Gasteiger partial charge in [0.2, 0.25) is 0 Å². The van der Waals surface area contributed by atoms with Crippen molar-refractivity contribution in [2.75, 3.05) is 0 Å². The molecule has 64 valence electrons. The van der Waals surface area contributed by atoms with E-state index in [1.165, 1.54) is 6.42 Å². The highest BCUT2D eigenvalue weighted by Crippen LogP contribution is 2.17. The van der Waals surface area contributed by atoms with Gasteiger partial charge in [-0.3, -0.25) is 0 Å². The van der Waals surface area contributed by atoms with Crippen LogP contribution in [0.5, 0.6) is 0 Å². The van der Waals surface area contributed by atoms with Crippen molar-refractivity contribution in [3.8, 4) is 0 Å². The van der Waals surface area contributed by atoms with Gasteiger partial charge in [-0.1, -0.05) is 26.0 Å². The van der Waals surface area contributed by atoms with Crippen molar-refractivity contribution in [1.82, 2.24) is 0 Å². The molecular formula is C11H20. The minimum Gasteiger partial charge on any atom is -0.103 e. The van der Waals surface area contributed by atoms with Gasteiger partial charge in [0.1, 0.15) is 0 Å². The van der Waals surface area contributed by atoms with Crippen molar-refractivity contribution in [2.24, 2.45) is 11.8 Å². The molecule has 2 atom stereocenters. The SMILES string of the molecule is C=CCC(C)CC(C)CC=C. The Morgan fingerprint density at radius 3 is 1.64 bits per heavy atom. The lowest BCUT2D eigenvalue weighted by Gasteiger charge is -2.13. The van der Waals surface area contributed by atoms with E-state index in [0.717, 1.165) is 24.7 Å². The van der Waals surface area contributed by atoms with Gasteiger partial charge >= 0.3 is 0 Å². The largest absolute Gasteiger partial charge is 0.103 e. The van der Waals surface area contributed by atoms with Gasteiger partial charge in [-0.25, -0.2) is 0 Å². The van der Waals surface area contributed by atoms with Crippen LogP contribution in [0.4, 0.5) is 0 Å². The maximum absolute atomic E-state index is 3.73. The lowest BCUT2D eigenvalue weighted by molar-refractivity contribution is 0.421. The first-order valence-electron chi connectivity index (χ1n) is 4.42. The van der Waals surface area contributed by atoms with Crippen molar-refractivity contribution in [3.63, 3.8) is 0 Å². The van der Waals surface area contributed by atoms with Crippen LogP contribution in [0, 0.1) is 11.8 Å². The topological polar surface area (TPSA) is 0 Å². The molecule has 0 aliphatic rings. The predicted molar refractivity (Wildman–Crippen MR) is 52.6 cm³/mol. The maximum atomic E-state index is 3.73. The zero-order valence-electron chi connectivity index (χ0n) is 7.84. The molecule has 0 bridgehead atoms. The van der Waals surface area contributed by atoms with Crippen molar-refractivity contribution >= 4 is 0 Å². The van der Waals surface area contributed by atoms with E-state index in [-0.39, 0.29) is 0 Å². The second-order valence-electron chi connectivity index (χ2n) is 3.49. The molecule has 0 heterocycles. The van der Waals surface area contributed by atoms with Crippen LogP contribution in [0.15, 0.2) is 25.3 Å². The van der Waals surface area contributed by atoms with E-state index in [9.17, 15) is 0 Å². The van der Waals surface area contributed by atoms with Crippen LogP contribution in [0.1, 0.15) is 33.1 Å². The minimum absolute atomic E-state index is 0.780. The van der Waals surface area contributed by atoms with Crippen LogP contribution >= 0.6 is 0 Å². The third-order valence-electron chi connectivity index (χ3n) is 1.94. The van der Waals surface area contributed by atoms with E-state index in [4.69, 9.17) is 0 Å². The molecule has 0 heteroatoms. The standard InChI is InChI=1S/C11H20/c1-5-7-10(3)9-11(4)8-6-2/h5-6,10-11H,1-2,7-9H2,3-4H3. The highest BCUT2D eigenvalue weighted by atomic mass is 14.1. The molecule has 0 rings (SSSR count). The molecule has 0 nitrogen and oxygen atoms in total. The first-order valence-corrected chi connectivity index (χ1v) is 4.42. The maximum Gasteiger partial charge on any atom is -0.0327 e. The molecule has 0 saturated carbocycles. The summed E-state index contributed by atoms with van der Waals surface area (Å²) in [7, 11) is 0. The molecular weight excluding hydrogens is 132 g/mol. The van der Waals surface area contributed by atoms with Crippen LogP contribution in [0.25, 0.3) is 0 Å². The fourth-order valence-corrected chi connectivity index (χ4v) is 1.45. The molecule has 0 aliphatic carbocycles. The summed E-state index contributed by atoms with van der Waals surface area (Å²) < 4.78 is 0. The van der Waals surface area contributed by atoms with Crippen molar-refractivity contribution in [3.05, 3.63) is 25.3 Å². The number of hydrogen-bond donors (Lipinski definition) is 0. The Morgan fingerprint density at radius 2 is 1.36 bits per heavy atom. The molecule has 0 fully saturated rings. The normalized spacial score (nSPS) is 15.5. The molecule has 0 aromatic rings. The van der Waals surface area contributed by atoms with Gasteiger partial charge in [-0.2, -0.15) is 0 Å². The minimum atomic E-state index is 0.780. The molecule has 0 aromatic carbocycles. The van der Waals surface area contributed by atoms with E-state index in [2.05, 4.69) is 27.0 Å². The van der Waals surface area contributed by atoms with Gasteiger partial charge in [-0.05, 0) is 31.1 Å². The fraction of sp³-hybridized carbons (Fsp3) is 0.636. The lowest BCUT2D eigenvalue weighted by atomic mass is 9.93. The monoisotopic (exact) mass is 152 g/mol.